The lowest BCUT2D eigenvalue weighted by Crippen LogP contribution is -2.48. The van der Waals surface area contributed by atoms with Crippen LogP contribution in [0, 0.1) is 5.82 Å². The highest BCUT2D eigenvalue weighted by Gasteiger charge is 2.21. The van der Waals surface area contributed by atoms with E-state index >= 15 is 0 Å². The molecule has 2 heterocycles. The van der Waals surface area contributed by atoms with Gasteiger partial charge >= 0.3 is 0 Å². The van der Waals surface area contributed by atoms with Crippen molar-refractivity contribution in [2.75, 3.05) is 32.7 Å². The molecule has 30 heavy (non-hydrogen) atoms. The van der Waals surface area contributed by atoms with E-state index in [0.29, 0.717) is 24.5 Å². The third-order valence-corrected chi connectivity index (χ3v) is 5.18. The molecule has 1 aromatic carbocycles. The van der Waals surface area contributed by atoms with Gasteiger partial charge < -0.3 is 14.8 Å². The summed E-state index contributed by atoms with van der Waals surface area (Å²) in [6.07, 6.45) is 4.39. The fourth-order valence-electron chi connectivity index (χ4n) is 3.42. The summed E-state index contributed by atoms with van der Waals surface area (Å²) in [5, 5.41) is 12.7. The van der Waals surface area contributed by atoms with Crippen LogP contribution in [0.3, 0.4) is 0 Å². The van der Waals surface area contributed by atoms with Crippen LogP contribution < -0.4 is 5.32 Å². The van der Waals surface area contributed by atoms with Crippen LogP contribution in [0.4, 0.5) is 4.39 Å². The molecule has 1 fully saturated rings. The number of hydrogen-bond acceptors (Lipinski definition) is 6. The Labute approximate surface area is 176 Å². The molecule has 1 aliphatic heterocycles. The summed E-state index contributed by atoms with van der Waals surface area (Å²) in [5.74, 6) is -0.275. The Morgan fingerprint density at radius 3 is 2.77 bits per heavy atom. The molecule has 2 N–H and O–H groups in total. The van der Waals surface area contributed by atoms with Crippen molar-refractivity contribution in [1.29, 1.82) is 0 Å². The van der Waals surface area contributed by atoms with Gasteiger partial charge in [-0.2, -0.15) is 0 Å². The van der Waals surface area contributed by atoms with Crippen molar-refractivity contribution in [2.24, 2.45) is 0 Å². The zero-order valence-corrected chi connectivity index (χ0v) is 17.1. The number of piperazine rings is 1. The van der Waals surface area contributed by atoms with Crippen LogP contribution in [0.15, 0.2) is 47.6 Å². The van der Waals surface area contributed by atoms with Crippen LogP contribution in [0.25, 0.3) is 0 Å². The monoisotopic (exact) mass is 416 g/mol. The van der Waals surface area contributed by atoms with Gasteiger partial charge in [-0.3, -0.25) is 14.6 Å². The Hall–Kier alpha value is -2.55. The third kappa shape index (κ3) is 6.48. The van der Waals surface area contributed by atoms with E-state index in [1.54, 1.807) is 18.2 Å². The summed E-state index contributed by atoms with van der Waals surface area (Å²) in [6, 6.07) is 6.31. The molecule has 0 unspecified atom stereocenters. The predicted molar refractivity (Wildman–Crippen MR) is 111 cm³/mol. The number of aromatic nitrogens is 1. The van der Waals surface area contributed by atoms with E-state index in [2.05, 4.69) is 26.7 Å². The quantitative estimate of drug-likeness (QED) is 0.578. The number of aliphatic hydroxyl groups is 1. The molecule has 2 aromatic rings. The fraction of sp³-hybridized carbons (Fsp3) is 0.455. The minimum absolute atomic E-state index is 0.0916. The van der Waals surface area contributed by atoms with Gasteiger partial charge in [0.15, 0.2) is 5.69 Å². The SMILES string of the molecule is C=CCC[C@H](O)CN1CCN(Cc2nc(C(=O)NCc3ccccc3F)co2)CC1. The Kier molecular flexibility index (Phi) is 8.12. The van der Waals surface area contributed by atoms with Crippen molar-refractivity contribution in [3.63, 3.8) is 0 Å². The second-order valence-electron chi connectivity index (χ2n) is 7.50. The number of aliphatic hydroxyl groups excluding tert-OH is 1. The first-order chi connectivity index (χ1) is 14.5. The van der Waals surface area contributed by atoms with Crippen LogP contribution in [-0.4, -0.2) is 64.6 Å². The van der Waals surface area contributed by atoms with Crippen LogP contribution >= 0.6 is 0 Å². The molecular formula is C22H29FN4O3. The molecule has 162 valence electrons. The van der Waals surface area contributed by atoms with Crippen molar-refractivity contribution in [2.45, 2.75) is 32.0 Å². The Balaban J connectivity index is 1.42. The molecular weight excluding hydrogens is 387 g/mol. The van der Waals surface area contributed by atoms with Crippen molar-refractivity contribution in [1.82, 2.24) is 20.1 Å². The zero-order chi connectivity index (χ0) is 21.3. The van der Waals surface area contributed by atoms with Crippen molar-refractivity contribution < 1.29 is 18.7 Å². The first kappa shape index (κ1) is 22.1. The molecule has 0 radical (unpaired) electrons. The van der Waals surface area contributed by atoms with Gasteiger partial charge in [-0.25, -0.2) is 9.37 Å². The molecule has 0 bridgehead atoms. The summed E-state index contributed by atoms with van der Waals surface area (Å²) in [7, 11) is 0. The lowest BCUT2D eigenvalue weighted by molar-refractivity contribution is 0.0642. The number of hydrogen-bond donors (Lipinski definition) is 2. The fourth-order valence-corrected chi connectivity index (χ4v) is 3.42. The highest BCUT2D eigenvalue weighted by atomic mass is 19.1. The molecule has 1 saturated heterocycles. The summed E-state index contributed by atoms with van der Waals surface area (Å²) < 4.78 is 19.1. The van der Waals surface area contributed by atoms with Gasteiger partial charge in [0.05, 0.1) is 12.6 Å². The van der Waals surface area contributed by atoms with Crippen LogP contribution in [-0.2, 0) is 13.1 Å². The molecule has 1 atom stereocenters. The standard InChI is InChI=1S/C22H29FN4O3/c1-2-3-7-18(28)14-26-9-11-27(12-10-26)15-21-25-20(16-30-21)22(29)24-13-17-6-4-5-8-19(17)23/h2,4-6,8,16,18,28H,1,3,7,9-15H2,(H,24,29)/t18-/m0/s1. The van der Waals surface area contributed by atoms with E-state index in [9.17, 15) is 14.3 Å². The van der Waals surface area contributed by atoms with Gasteiger partial charge in [0.2, 0.25) is 5.89 Å². The molecule has 0 spiro atoms. The summed E-state index contributed by atoms with van der Waals surface area (Å²) in [4.78, 5) is 21.0. The number of benzene rings is 1. The maximum absolute atomic E-state index is 13.6. The van der Waals surface area contributed by atoms with E-state index in [-0.39, 0.29) is 24.2 Å². The topological polar surface area (TPSA) is 81.8 Å². The largest absolute Gasteiger partial charge is 0.447 e. The van der Waals surface area contributed by atoms with Gasteiger partial charge in [-0.05, 0) is 18.9 Å². The van der Waals surface area contributed by atoms with Gasteiger partial charge in [0, 0.05) is 44.8 Å². The third-order valence-electron chi connectivity index (χ3n) is 5.18. The number of carbonyl (C=O) groups is 1. The zero-order valence-electron chi connectivity index (χ0n) is 17.1. The van der Waals surface area contributed by atoms with E-state index in [1.165, 1.54) is 12.3 Å². The number of halogens is 1. The second-order valence-corrected chi connectivity index (χ2v) is 7.50. The van der Waals surface area contributed by atoms with E-state index in [4.69, 9.17) is 4.42 Å². The number of rotatable bonds is 10. The summed E-state index contributed by atoms with van der Waals surface area (Å²) in [6.45, 7) is 8.37. The highest BCUT2D eigenvalue weighted by Crippen LogP contribution is 2.11. The first-order valence-corrected chi connectivity index (χ1v) is 10.2. The summed E-state index contributed by atoms with van der Waals surface area (Å²) >= 11 is 0. The maximum atomic E-state index is 13.6. The molecule has 0 saturated carbocycles. The second kappa shape index (κ2) is 11.0. The van der Waals surface area contributed by atoms with Crippen LogP contribution in [0.1, 0.15) is 34.8 Å². The predicted octanol–water partition coefficient (Wildman–Crippen LogP) is 2.19. The molecule has 7 nitrogen and oxygen atoms in total. The molecule has 8 heteroatoms. The molecule has 0 aliphatic carbocycles. The lowest BCUT2D eigenvalue weighted by atomic mass is 10.1. The lowest BCUT2D eigenvalue weighted by Gasteiger charge is -2.34. The smallest absolute Gasteiger partial charge is 0.273 e. The number of β-amino-alcohol motifs (C(OH)–C–C–N with tert-alkyl or cyclic N) is 1. The number of allylic oxidation sites excluding steroid dienone is 1. The minimum atomic E-state index is -0.397. The Morgan fingerprint density at radius 1 is 1.30 bits per heavy atom. The van der Waals surface area contributed by atoms with Crippen molar-refractivity contribution in [3.05, 3.63) is 66.1 Å². The Morgan fingerprint density at radius 2 is 2.03 bits per heavy atom. The summed E-state index contributed by atoms with van der Waals surface area (Å²) in [5.41, 5.74) is 0.604. The van der Waals surface area contributed by atoms with E-state index in [1.807, 2.05) is 6.08 Å². The number of carbonyl (C=O) groups excluding carboxylic acids is 1. The van der Waals surface area contributed by atoms with Gasteiger partial charge in [0.25, 0.3) is 5.91 Å². The number of amides is 1. The highest BCUT2D eigenvalue weighted by molar-refractivity contribution is 5.91. The number of nitrogens with one attached hydrogen (secondary N) is 1. The van der Waals surface area contributed by atoms with Gasteiger partial charge in [-0.15, -0.1) is 6.58 Å². The minimum Gasteiger partial charge on any atom is -0.447 e. The van der Waals surface area contributed by atoms with Gasteiger partial charge in [0.1, 0.15) is 12.1 Å². The van der Waals surface area contributed by atoms with Crippen LogP contribution in [0.5, 0.6) is 0 Å². The normalized spacial score (nSPS) is 16.3. The maximum Gasteiger partial charge on any atom is 0.273 e. The number of nitrogens with zero attached hydrogens (tertiary/aromatic N) is 3. The molecule has 1 amide bonds. The van der Waals surface area contributed by atoms with E-state index in [0.717, 1.165) is 39.0 Å². The van der Waals surface area contributed by atoms with Crippen molar-refractivity contribution in [3.8, 4) is 0 Å². The average Bonchev–Trinajstić information content (AvgIpc) is 3.21. The van der Waals surface area contributed by atoms with E-state index < -0.39 is 5.91 Å². The first-order valence-electron chi connectivity index (χ1n) is 10.2. The molecule has 3 rings (SSSR count). The Bertz CT molecular complexity index is 833. The van der Waals surface area contributed by atoms with Gasteiger partial charge in [-0.1, -0.05) is 24.3 Å². The average molecular weight is 416 g/mol. The van der Waals surface area contributed by atoms with Crippen LogP contribution in [0.2, 0.25) is 0 Å². The molecule has 1 aliphatic rings. The van der Waals surface area contributed by atoms with Crippen molar-refractivity contribution >= 4 is 5.91 Å². The number of oxazole rings is 1. The molecule has 1 aromatic heterocycles.